The molecule has 5 nitrogen and oxygen atoms in total. The van der Waals surface area contributed by atoms with Crippen LogP contribution in [-0.4, -0.2) is 64.5 Å². The molecule has 1 heterocycles. The summed E-state index contributed by atoms with van der Waals surface area (Å²) in [6.07, 6.45) is 0.968. The molecule has 0 bridgehead atoms. The van der Waals surface area contributed by atoms with Gasteiger partial charge in [-0.05, 0) is 43.0 Å². The first-order chi connectivity index (χ1) is 11.8. The van der Waals surface area contributed by atoms with E-state index in [1.165, 1.54) is 5.56 Å². The van der Waals surface area contributed by atoms with Crippen molar-refractivity contribution in [2.24, 2.45) is 11.8 Å². The first-order valence-electron chi connectivity index (χ1n) is 9.26. The van der Waals surface area contributed by atoms with Gasteiger partial charge in [0.25, 0.3) is 0 Å². The average molecular weight is 368 g/mol. The Kier molecular flexibility index (Phi) is 7.43. The van der Waals surface area contributed by atoms with Crippen molar-refractivity contribution in [1.82, 2.24) is 14.5 Å². The van der Waals surface area contributed by atoms with Crippen molar-refractivity contribution in [2.45, 2.75) is 32.1 Å². The fourth-order valence-electron chi connectivity index (χ4n) is 3.15. The van der Waals surface area contributed by atoms with Crippen molar-refractivity contribution in [1.29, 1.82) is 0 Å². The predicted molar refractivity (Wildman–Crippen MR) is 103 cm³/mol. The molecule has 0 radical (unpaired) electrons. The molecule has 0 spiro atoms. The zero-order valence-corrected chi connectivity index (χ0v) is 16.8. The Balaban J connectivity index is 1.83. The molecule has 1 fully saturated rings. The van der Waals surface area contributed by atoms with Crippen LogP contribution >= 0.6 is 0 Å². The van der Waals surface area contributed by atoms with Gasteiger partial charge in [-0.25, -0.2) is 13.1 Å². The molecule has 1 aliphatic heterocycles. The third kappa shape index (κ3) is 6.70. The highest BCUT2D eigenvalue weighted by atomic mass is 32.2. The van der Waals surface area contributed by atoms with Crippen LogP contribution in [0.4, 0.5) is 0 Å². The van der Waals surface area contributed by atoms with E-state index in [0.29, 0.717) is 23.3 Å². The monoisotopic (exact) mass is 367 g/mol. The second-order valence-electron chi connectivity index (χ2n) is 7.80. The minimum absolute atomic E-state index is 0.290. The Morgan fingerprint density at radius 1 is 1.04 bits per heavy atom. The summed E-state index contributed by atoms with van der Waals surface area (Å²) in [5.41, 5.74) is 1.18. The van der Waals surface area contributed by atoms with Gasteiger partial charge in [-0.3, -0.25) is 0 Å². The van der Waals surface area contributed by atoms with Crippen molar-refractivity contribution in [3.05, 3.63) is 29.8 Å². The molecule has 1 aromatic carbocycles. The second-order valence-corrected chi connectivity index (χ2v) is 9.57. The van der Waals surface area contributed by atoms with Crippen LogP contribution in [0.25, 0.3) is 0 Å². The number of hydrogen-bond donors (Lipinski definition) is 1. The first-order valence-corrected chi connectivity index (χ1v) is 10.7. The minimum atomic E-state index is -3.43. The zero-order chi connectivity index (χ0) is 18.4. The molecule has 1 saturated heterocycles. The third-order valence-electron chi connectivity index (χ3n) is 4.67. The van der Waals surface area contributed by atoms with Crippen LogP contribution < -0.4 is 4.72 Å². The molecule has 1 aliphatic rings. The molecule has 0 amide bonds. The van der Waals surface area contributed by atoms with Crippen LogP contribution in [0.2, 0.25) is 0 Å². The van der Waals surface area contributed by atoms with Gasteiger partial charge in [0, 0.05) is 39.3 Å². The molecule has 1 unspecified atom stereocenters. The zero-order valence-electron chi connectivity index (χ0n) is 16.0. The van der Waals surface area contributed by atoms with Crippen LogP contribution in [0.15, 0.2) is 29.2 Å². The number of rotatable bonds is 8. The van der Waals surface area contributed by atoms with Crippen molar-refractivity contribution in [3.8, 4) is 0 Å². The number of sulfonamides is 1. The summed E-state index contributed by atoms with van der Waals surface area (Å²) in [7, 11) is -1.29. The molecular formula is C19H33N3O2S. The molecule has 1 atom stereocenters. The number of likely N-dealkylation sites (N-methyl/N-ethyl adjacent to an activating group) is 1. The number of nitrogens with one attached hydrogen (secondary N) is 1. The predicted octanol–water partition coefficient (Wildman–Crippen LogP) is 2.05. The van der Waals surface area contributed by atoms with Crippen molar-refractivity contribution in [3.63, 3.8) is 0 Å². The summed E-state index contributed by atoms with van der Waals surface area (Å²) in [5, 5.41) is 0. The van der Waals surface area contributed by atoms with E-state index in [0.717, 1.165) is 39.1 Å². The van der Waals surface area contributed by atoms with Gasteiger partial charge in [-0.15, -0.1) is 0 Å². The molecule has 0 saturated carbocycles. The standard InChI is InChI=1S/C19H33N3O2S/c1-16(2)13-18-5-7-19(8-6-18)25(23,24)20-14-17(3)15-22-11-9-21(4)10-12-22/h5-8,16-17,20H,9-15H2,1-4H3. The number of nitrogens with zero attached hydrogens (tertiary/aromatic N) is 2. The number of hydrogen-bond acceptors (Lipinski definition) is 4. The van der Waals surface area contributed by atoms with E-state index in [9.17, 15) is 8.42 Å². The second kappa shape index (κ2) is 9.12. The maximum atomic E-state index is 12.5. The van der Waals surface area contributed by atoms with E-state index in [-0.39, 0.29) is 0 Å². The Labute approximate surface area is 153 Å². The number of piperazine rings is 1. The van der Waals surface area contributed by atoms with E-state index >= 15 is 0 Å². The lowest BCUT2D eigenvalue weighted by Gasteiger charge is -2.33. The summed E-state index contributed by atoms with van der Waals surface area (Å²) in [6, 6.07) is 7.26. The van der Waals surface area contributed by atoms with E-state index in [1.54, 1.807) is 12.1 Å². The van der Waals surface area contributed by atoms with Crippen LogP contribution in [-0.2, 0) is 16.4 Å². The lowest BCUT2D eigenvalue weighted by molar-refractivity contribution is 0.139. The van der Waals surface area contributed by atoms with Gasteiger partial charge < -0.3 is 9.80 Å². The summed E-state index contributed by atoms with van der Waals surface area (Å²) in [5.74, 6) is 0.856. The van der Waals surface area contributed by atoms with E-state index < -0.39 is 10.0 Å². The Morgan fingerprint density at radius 2 is 1.64 bits per heavy atom. The Morgan fingerprint density at radius 3 is 2.20 bits per heavy atom. The quantitative estimate of drug-likeness (QED) is 0.764. The summed E-state index contributed by atoms with van der Waals surface area (Å²) < 4.78 is 27.7. The molecule has 142 valence electrons. The van der Waals surface area contributed by atoms with Gasteiger partial charge in [0.2, 0.25) is 10.0 Å². The molecular weight excluding hydrogens is 334 g/mol. The molecule has 0 aliphatic carbocycles. The average Bonchev–Trinajstić information content (AvgIpc) is 2.55. The maximum absolute atomic E-state index is 12.5. The van der Waals surface area contributed by atoms with E-state index in [4.69, 9.17) is 0 Å². The molecule has 6 heteroatoms. The molecule has 1 N–H and O–H groups in total. The first kappa shape index (κ1) is 20.4. The SMILES string of the molecule is CC(C)Cc1ccc(S(=O)(=O)NCC(C)CN2CCN(C)CC2)cc1. The smallest absolute Gasteiger partial charge is 0.240 e. The molecule has 25 heavy (non-hydrogen) atoms. The molecule has 0 aromatic heterocycles. The highest BCUT2D eigenvalue weighted by Crippen LogP contribution is 2.14. The fourth-order valence-corrected chi connectivity index (χ4v) is 4.31. The van der Waals surface area contributed by atoms with Gasteiger partial charge >= 0.3 is 0 Å². The van der Waals surface area contributed by atoms with Crippen molar-refractivity contribution in [2.75, 3.05) is 46.3 Å². The molecule has 2 rings (SSSR count). The summed E-state index contributed by atoms with van der Waals surface area (Å²) in [6.45, 7) is 12.1. The number of benzene rings is 1. The topological polar surface area (TPSA) is 52.7 Å². The van der Waals surface area contributed by atoms with Gasteiger partial charge in [-0.2, -0.15) is 0 Å². The van der Waals surface area contributed by atoms with Gasteiger partial charge in [0.15, 0.2) is 0 Å². The lowest BCUT2D eigenvalue weighted by Crippen LogP contribution is -2.46. The van der Waals surface area contributed by atoms with Crippen LogP contribution in [0.3, 0.4) is 0 Å². The van der Waals surface area contributed by atoms with Gasteiger partial charge in [-0.1, -0.05) is 32.9 Å². The summed E-state index contributed by atoms with van der Waals surface area (Å²) >= 11 is 0. The minimum Gasteiger partial charge on any atom is -0.304 e. The van der Waals surface area contributed by atoms with Gasteiger partial charge in [0.1, 0.15) is 0 Å². The highest BCUT2D eigenvalue weighted by Gasteiger charge is 2.19. The van der Waals surface area contributed by atoms with E-state index in [1.807, 2.05) is 12.1 Å². The Hall–Kier alpha value is -0.950. The maximum Gasteiger partial charge on any atom is 0.240 e. The summed E-state index contributed by atoms with van der Waals surface area (Å²) in [4.78, 5) is 5.10. The third-order valence-corrected chi connectivity index (χ3v) is 6.10. The van der Waals surface area contributed by atoms with Crippen molar-refractivity contribution < 1.29 is 8.42 Å². The van der Waals surface area contributed by atoms with Crippen molar-refractivity contribution >= 4 is 10.0 Å². The van der Waals surface area contributed by atoms with Crippen LogP contribution in [0, 0.1) is 11.8 Å². The van der Waals surface area contributed by atoms with E-state index in [2.05, 4.69) is 42.3 Å². The van der Waals surface area contributed by atoms with Gasteiger partial charge in [0.05, 0.1) is 4.90 Å². The molecule has 1 aromatic rings. The fraction of sp³-hybridized carbons (Fsp3) is 0.684. The largest absolute Gasteiger partial charge is 0.304 e. The highest BCUT2D eigenvalue weighted by molar-refractivity contribution is 7.89. The van der Waals surface area contributed by atoms with Crippen LogP contribution in [0.5, 0.6) is 0 Å². The lowest BCUT2D eigenvalue weighted by atomic mass is 10.0. The normalized spacial score (nSPS) is 18.6. The Bertz CT molecular complexity index is 621. The van der Waals surface area contributed by atoms with Crippen LogP contribution in [0.1, 0.15) is 26.3 Å².